The first-order valence-corrected chi connectivity index (χ1v) is 6.70. The number of halogens is 2. The van der Waals surface area contributed by atoms with Gasteiger partial charge in [0.1, 0.15) is 0 Å². The van der Waals surface area contributed by atoms with Crippen LogP contribution in [-0.2, 0) is 13.2 Å². The van der Waals surface area contributed by atoms with Crippen molar-refractivity contribution in [1.29, 1.82) is 0 Å². The van der Waals surface area contributed by atoms with Gasteiger partial charge in [0.2, 0.25) is 0 Å². The fraction of sp³-hybridized carbons (Fsp3) is 0.200. The molecule has 0 saturated heterocycles. The molecule has 0 aliphatic carbocycles. The third-order valence-corrected chi connectivity index (χ3v) is 3.40. The second-order valence-corrected chi connectivity index (χ2v) is 5.29. The number of hydrogen-bond donors (Lipinski definition) is 1. The Morgan fingerprint density at radius 1 is 1.05 bits per heavy atom. The number of benzene rings is 2. The first-order chi connectivity index (χ1) is 9.10. The molecule has 0 heterocycles. The number of hydrogen-bond acceptors (Lipinski definition) is 2. The molecule has 0 fully saturated rings. The Bertz CT molecular complexity index is 572. The maximum Gasteiger partial charge on any atom is 0.0702 e. The molecule has 0 radical (unpaired) electrons. The van der Waals surface area contributed by atoms with Gasteiger partial charge in [-0.15, -0.1) is 0 Å². The van der Waals surface area contributed by atoms with Crippen molar-refractivity contribution >= 4 is 28.9 Å². The SMILES string of the molecule is CN(Cc1cccc(Cl)c1)c1ccc(Cl)cc1CO. The second-order valence-electron chi connectivity index (χ2n) is 4.42. The van der Waals surface area contributed by atoms with Crippen LogP contribution in [0.5, 0.6) is 0 Å². The molecule has 2 aromatic carbocycles. The Hall–Kier alpha value is -1.22. The molecule has 4 heteroatoms. The van der Waals surface area contributed by atoms with Crippen LogP contribution in [0.2, 0.25) is 10.0 Å². The molecule has 0 spiro atoms. The van der Waals surface area contributed by atoms with Gasteiger partial charge in [0, 0.05) is 34.9 Å². The third kappa shape index (κ3) is 3.63. The average Bonchev–Trinajstić information content (AvgIpc) is 2.38. The molecule has 0 amide bonds. The number of nitrogens with zero attached hydrogens (tertiary/aromatic N) is 1. The highest BCUT2D eigenvalue weighted by Crippen LogP contribution is 2.25. The van der Waals surface area contributed by atoms with Gasteiger partial charge < -0.3 is 10.0 Å². The van der Waals surface area contributed by atoms with Crippen molar-refractivity contribution in [3.8, 4) is 0 Å². The highest BCUT2D eigenvalue weighted by Gasteiger charge is 2.08. The van der Waals surface area contributed by atoms with Gasteiger partial charge in [0.25, 0.3) is 0 Å². The van der Waals surface area contributed by atoms with E-state index < -0.39 is 0 Å². The Morgan fingerprint density at radius 2 is 1.79 bits per heavy atom. The summed E-state index contributed by atoms with van der Waals surface area (Å²) < 4.78 is 0. The summed E-state index contributed by atoms with van der Waals surface area (Å²) in [7, 11) is 1.98. The fourth-order valence-electron chi connectivity index (χ4n) is 2.05. The minimum Gasteiger partial charge on any atom is -0.392 e. The van der Waals surface area contributed by atoms with E-state index in [2.05, 4.69) is 4.90 Å². The molecule has 0 unspecified atom stereocenters. The van der Waals surface area contributed by atoms with Gasteiger partial charge in [0.15, 0.2) is 0 Å². The first-order valence-electron chi connectivity index (χ1n) is 5.95. The molecule has 0 aliphatic heterocycles. The summed E-state index contributed by atoms with van der Waals surface area (Å²) in [5.41, 5.74) is 2.90. The van der Waals surface area contributed by atoms with Crippen LogP contribution in [0, 0.1) is 0 Å². The summed E-state index contributed by atoms with van der Waals surface area (Å²) >= 11 is 11.9. The second kappa shape index (κ2) is 6.29. The molecule has 0 saturated carbocycles. The van der Waals surface area contributed by atoms with Crippen molar-refractivity contribution < 1.29 is 5.11 Å². The normalized spacial score (nSPS) is 10.5. The molecular formula is C15H15Cl2NO. The lowest BCUT2D eigenvalue weighted by Crippen LogP contribution is -2.18. The van der Waals surface area contributed by atoms with Crippen LogP contribution in [0.25, 0.3) is 0 Å². The molecule has 1 N–H and O–H groups in total. The van der Waals surface area contributed by atoms with Crippen molar-refractivity contribution in [3.05, 3.63) is 63.6 Å². The summed E-state index contributed by atoms with van der Waals surface area (Å²) in [6.07, 6.45) is 0. The van der Waals surface area contributed by atoms with E-state index in [1.807, 2.05) is 43.4 Å². The zero-order valence-corrected chi connectivity index (χ0v) is 12.1. The lowest BCUT2D eigenvalue weighted by atomic mass is 10.1. The van der Waals surface area contributed by atoms with Crippen molar-refractivity contribution in [1.82, 2.24) is 0 Å². The van der Waals surface area contributed by atoms with Crippen LogP contribution >= 0.6 is 23.2 Å². The van der Waals surface area contributed by atoms with E-state index in [-0.39, 0.29) is 6.61 Å². The predicted octanol–water partition coefficient (Wildman–Crippen LogP) is 4.12. The van der Waals surface area contributed by atoms with Crippen molar-refractivity contribution in [2.45, 2.75) is 13.2 Å². The summed E-state index contributed by atoms with van der Waals surface area (Å²) in [4.78, 5) is 2.06. The van der Waals surface area contributed by atoms with Gasteiger partial charge >= 0.3 is 0 Å². The smallest absolute Gasteiger partial charge is 0.0702 e. The van der Waals surface area contributed by atoms with Crippen molar-refractivity contribution in [3.63, 3.8) is 0 Å². The van der Waals surface area contributed by atoms with Crippen LogP contribution in [0.3, 0.4) is 0 Å². The standard InChI is InChI=1S/C15H15Cl2NO/c1-18(9-11-3-2-4-13(16)7-11)15-6-5-14(17)8-12(15)10-19/h2-8,19H,9-10H2,1H3. The van der Waals surface area contributed by atoms with Crippen LogP contribution in [0.15, 0.2) is 42.5 Å². The summed E-state index contributed by atoms with van der Waals surface area (Å²) in [6, 6.07) is 13.3. The van der Waals surface area contributed by atoms with E-state index in [1.165, 1.54) is 0 Å². The van der Waals surface area contributed by atoms with Crippen LogP contribution in [0.1, 0.15) is 11.1 Å². The number of aliphatic hydroxyl groups is 1. The maximum atomic E-state index is 9.40. The Balaban J connectivity index is 2.22. The van der Waals surface area contributed by atoms with E-state index in [4.69, 9.17) is 23.2 Å². The van der Waals surface area contributed by atoms with E-state index in [0.29, 0.717) is 5.02 Å². The Kier molecular flexibility index (Phi) is 4.70. The molecule has 0 bridgehead atoms. The number of rotatable bonds is 4. The van der Waals surface area contributed by atoms with Crippen LogP contribution < -0.4 is 4.90 Å². The average molecular weight is 296 g/mol. The number of aliphatic hydroxyl groups excluding tert-OH is 1. The fourth-order valence-corrected chi connectivity index (χ4v) is 2.46. The molecule has 2 aromatic rings. The minimum absolute atomic E-state index is 0.0320. The molecule has 19 heavy (non-hydrogen) atoms. The topological polar surface area (TPSA) is 23.5 Å². The van der Waals surface area contributed by atoms with Crippen molar-refractivity contribution in [2.75, 3.05) is 11.9 Å². The van der Waals surface area contributed by atoms with Gasteiger partial charge in [0.05, 0.1) is 6.61 Å². The van der Waals surface area contributed by atoms with E-state index >= 15 is 0 Å². The Morgan fingerprint density at radius 3 is 2.47 bits per heavy atom. The maximum absolute atomic E-state index is 9.40. The molecule has 2 nitrogen and oxygen atoms in total. The van der Waals surface area contributed by atoms with Crippen LogP contribution in [-0.4, -0.2) is 12.2 Å². The minimum atomic E-state index is -0.0320. The quantitative estimate of drug-likeness (QED) is 0.917. The zero-order valence-electron chi connectivity index (χ0n) is 10.6. The molecule has 100 valence electrons. The molecule has 0 aromatic heterocycles. The lowest BCUT2D eigenvalue weighted by molar-refractivity contribution is 0.282. The summed E-state index contributed by atoms with van der Waals surface area (Å²) in [5.74, 6) is 0. The van der Waals surface area contributed by atoms with E-state index in [1.54, 1.807) is 6.07 Å². The molecular weight excluding hydrogens is 281 g/mol. The van der Waals surface area contributed by atoms with E-state index in [9.17, 15) is 5.11 Å². The summed E-state index contributed by atoms with van der Waals surface area (Å²) in [6.45, 7) is 0.685. The zero-order chi connectivity index (χ0) is 13.8. The number of anilines is 1. The van der Waals surface area contributed by atoms with E-state index in [0.717, 1.165) is 28.4 Å². The van der Waals surface area contributed by atoms with Gasteiger partial charge in [-0.1, -0.05) is 35.3 Å². The van der Waals surface area contributed by atoms with Gasteiger partial charge in [-0.3, -0.25) is 0 Å². The van der Waals surface area contributed by atoms with Gasteiger partial charge in [-0.05, 0) is 35.9 Å². The molecule has 0 aliphatic rings. The van der Waals surface area contributed by atoms with Crippen molar-refractivity contribution in [2.24, 2.45) is 0 Å². The highest BCUT2D eigenvalue weighted by molar-refractivity contribution is 6.31. The monoisotopic (exact) mass is 295 g/mol. The predicted molar refractivity (Wildman–Crippen MR) is 80.9 cm³/mol. The van der Waals surface area contributed by atoms with Gasteiger partial charge in [-0.2, -0.15) is 0 Å². The first kappa shape index (κ1) is 14.2. The molecule has 0 atom stereocenters. The highest BCUT2D eigenvalue weighted by atomic mass is 35.5. The molecule has 2 rings (SSSR count). The van der Waals surface area contributed by atoms with Gasteiger partial charge in [-0.25, -0.2) is 0 Å². The third-order valence-electron chi connectivity index (χ3n) is 2.93. The largest absolute Gasteiger partial charge is 0.392 e. The Labute approximate surface area is 123 Å². The van der Waals surface area contributed by atoms with Crippen LogP contribution in [0.4, 0.5) is 5.69 Å². The lowest BCUT2D eigenvalue weighted by Gasteiger charge is -2.22. The summed E-state index contributed by atoms with van der Waals surface area (Å²) in [5, 5.41) is 10.8.